The third-order valence-corrected chi connectivity index (χ3v) is 8.14. The number of urea groups is 1. The summed E-state index contributed by atoms with van der Waals surface area (Å²) in [5, 5.41) is 6.37. The van der Waals surface area contributed by atoms with Crippen LogP contribution in [0.2, 0.25) is 0 Å². The number of carbonyl (C=O) groups excluding carboxylic acids is 2. The lowest BCUT2D eigenvalue weighted by molar-refractivity contribution is 0.0302. The Bertz CT molecular complexity index is 1910. The van der Waals surface area contributed by atoms with Crippen molar-refractivity contribution in [1.82, 2.24) is 19.3 Å². The van der Waals surface area contributed by atoms with Gasteiger partial charge in [-0.2, -0.15) is 4.99 Å². The lowest BCUT2D eigenvalue weighted by Gasteiger charge is -2.26. The van der Waals surface area contributed by atoms with Crippen LogP contribution < -0.4 is 10.6 Å². The number of aryl methyl sites for hydroxylation is 1. The van der Waals surface area contributed by atoms with E-state index in [0.717, 1.165) is 52.1 Å². The molecule has 7 rings (SSSR count). The van der Waals surface area contributed by atoms with Crippen LogP contribution in [0.1, 0.15) is 33.5 Å². The first kappa shape index (κ1) is 27.5. The second-order valence-electron chi connectivity index (χ2n) is 10.9. The zero-order chi connectivity index (χ0) is 30.0. The van der Waals surface area contributed by atoms with Gasteiger partial charge in [0.2, 0.25) is 0 Å². The van der Waals surface area contributed by atoms with Gasteiger partial charge in [-0.1, -0.05) is 36.4 Å². The van der Waals surface area contributed by atoms with E-state index >= 15 is 0 Å². The topological polar surface area (TPSA) is 113 Å². The molecule has 2 N–H and O–H groups in total. The van der Waals surface area contributed by atoms with E-state index < -0.39 is 0 Å². The van der Waals surface area contributed by atoms with Crippen molar-refractivity contribution in [2.45, 2.75) is 19.8 Å². The van der Waals surface area contributed by atoms with Gasteiger partial charge in [0.25, 0.3) is 5.91 Å². The van der Waals surface area contributed by atoms with Crippen molar-refractivity contribution in [2.24, 2.45) is 4.99 Å². The highest BCUT2D eigenvalue weighted by molar-refractivity contribution is 6.11. The van der Waals surface area contributed by atoms with E-state index in [-0.39, 0.29) is 11.9 Å². The molecule has 1 saturated heterocycles. The fourth-order valence-corrected chi connectivity index (χ4v) is 5.83. The Balaban J connectivity index is 1.13. The van der Waals surface area contributed by atoms with Crippen molar-refractivity contribution in [3.05, 3.63) is 108 Å². The largest absolute Gasteiger partial charge is 0.378 e. The Hall–Kier alpha value is -5.35. The molecule has 3 amide bonds. The molecule has 4 heterocycles. The number of fused-ring (bicyclic) bond motifs is 2. The van der Waals surface area contributed by atoms with Gasteiger partial charge in [-0.3, -0.25) is 4.79 Å². The summed E-state index contributed by atoms with van der Waals surface area (Å²) < 4.78 is 7.30. The monoisotopic (exact) mass is 585 g/mol. The number of anilines is 3. The molecular weight excluding hydrogens is 554 g/mol. The smallest absolute Gasteiger partial charge is 0.345 e. The second-order valence-corrected chi connectivity index (χ2v) is 10.9. The predicted octanol–water partition coefficient (Wildman–Crippen LogP) is 5.89. The molecule has 0 radical (unpaired) electrons. The normalized spacial score (nSPS) is 15.4. The number of nitrogens with one attached hydrogen (secondary N) is 2. The van der Waals surface area contributed by atoms with Crippen molar-refractivity contribution in [1.29, 1.82) is 0 Å². The van der Waals surface area contributed by atoms with Crippen LogP contribution in [0.5, 0.6) is 0 Å². The first-order valence-corrected chi connectivity index (χ1v) is 14.7. The van der Waals surface area contributed by atoms with Crippen molar-refractivity contribution in [3.8, 4) is 11.1 Å². The van der Waals surface area contributed by atoms with Crippen molar-refractivity contribution < 1.29 is 14.3 Å². The Kier molecular flexibility index (Phi) is 7.33. The number of carbonyl (C=O) groups is 2. The fourth-order valence-electron chi connectivity index (χ4n) is 5.83. The van der Waals surface area contributed by atoms with Crippen LogP contribution in [0, 0.1) is 6.92 Å². The molecule has 10 heteroatoms. The first-order valence-electron chi connectivity index (χ1n) is 14.7. The highest BCUT2D eigenvalue weighted by Crippen LogP contribution is 2.33. The molecule has 10 nitrogen and oxygen atoms in total. The molecule has 0 unspecified atom stereocenters. The number of rotatable bonds is 5. The molecule has 2 aliphatic rings. The zero-order valence-corrected chi connectivity index (χ0v) is 24.3. The Labute approximate surface area is 254 Å². The minimum Gasteiger partial charge on any atom is -0.378 e. The Morgan fingerprint density at radius 2 is 1.77 bits per heavy atom. The van der Waals surface area contributed by atoms with E-state index in [1.54, 1.807) is 29.4 Å². The van der Waals surface area contributed by atoms with Gasteiger partial charge < -0.3 is 24.7 Å². The SMILES string of the molecule is Cc1c(NC(=O)N=C2CCc3ccccc32)cccc1-c1cc(Nc2ccc(C(=O)N3CCOCC3)cn2)c2nccn2c1. The molecule has 1 aliphatic carbocycles. The molecule has 220 valence electrons. The Morgan fingerprint density at radius 1 is 0.932 bits per heavy atom. The standard InChI is InChI=1S/C34H31N7O3/c1-22-26(7-4-8-28(22)38-34(43)39-29-11-9-23-5-2-3-6-27(23)29)25-19-30(32-35-13-14-41(32)21-25)37-31-12-10-24(20-36-31)33(42)40-15-17-44-18-16-40/h2-8,10,12-14,19-21H,9,11,15-18H2,1H3,(H,36,37)(H,38,43). The van der Waals surface area contributed by atoms with E-state index in [1.807, 2.05) is 66.2 Å². The summed E-state index contributed by atoms with van der Waals surface area (Å²) in [6.07, 6.45) is 8.89. The van der Waals surface area contributed by atoms with Gasteiger partial charge in [-0.05, 0) is 66.3 Å². The number of hydrogen-bond donors (Lipinski definition) is 2. The highest BCUT2D eigenvalue weighted by atomic mass is 16.5. The highest BCUT2D eigenvalue weighted by Gasteiger charge is 2.20. The maximum absolute atomic E-state index is 13.0. The van der Waals surface area contributed by atoms with Crippen LogP contribution >= 0.6 is 0 Å². The average molecular weight is 586 g/mol. The lowest BCUT2D eigenvalue weighted by Crippen LogP contribution is -2.40. The number of nitrogens with zero attached hydrogens (tertiary/aromatic N) is 5. The summed E-state index contributed by atoms with van der Waals surface area (Å²) in [7, 11) is 0. The molecule has 0 spiro atoms. The average Bonchev–Trinajstić information content (AvgIpc) is 3.70. The van der Waals surface area contributed by atoms with E-state index in [2.05, 4.69) is 31.7 Å². The summed E-state index contributed by atoms with van der Waals surface area (Å²) >= 11 is 0. The molecular formula is C34H31N7O3. The summed E-state index contributed by atoms with van der Waals surface area (Å²) in [5.41, 5.74) is 8.63. The van der Waals surface area contributed by atoms with Gasteiger partial charge in [-0.25, -0.2) is 14.8 Å². The minimum absolute atomic E-state index is 0.0492. The molecule has 0 atom stereocenters. The van der Waals surface area contributed by atoms with Gasteiger partial charge in [0.15, 0.2) is 5.65 Å². The number of aromatic nitrogens is 3. The third-order valence-electron chi connectivity index (χ3n) is 8.14. The summed E-state index contributed by atoms with van der Waals surface area (Å²) in [4.78, 5) is 41.0. The third kappa shape index (κ3) is 5.43. The molecule has 1 aliphatic heterocycles. The molecule has 1 fully saturated rings. The van der Waals surface area contributed by atoms with Gasteiger partial charge in [-0.15, -0.1) is 0 Å². The Morgan fingerprint density at radius 3 is 2.61 bits per heavy atom. The van der Waals surface area contributed by atoms with Crippen LogP contribution in [-0.2, 0) is 11.2 Å². The number of imidazole rings is 1. The van der Waals surface area contributed by atoms with Crippen LogP contribution in [0.15, 0.2) is 90.4 Å². The summed E-state index contributed by atoms with van der Waals surface area (Å²) in [5.74, 6) is 0.544. The second kappa shape index (κ2) is 11.7. The molecule has 5 aromatic rings. The maximum atomic E-state index is 13.0. The fraction of sp³-hybridized carbons (Fsp3) is 0.206. The molecule has 3 aromatic heterocycles. The zero-order valence-electron chi connectivity index (χ0n) is 24.3. The van der Waals surface area contributed by atoms with Gasteiger partial charge in [0.1, 0.15) is 5.82 Å². The van der Waals surface area contributed by atoms with Crippen molar-refractivity contribution in [3.63, 3.8) is 0 Å². The minimum atomic E-state index is -0.383. The number of benzene rings is 2. The van der Waals surface area contributed by atoms with Gasteiger partial charge >= 0.3 is 6.03 Å². The maximum Gasteiger partial charge on any atom is 0.345 e. The number of hydrogen-bond acceptors (Lipinski definition) is 6. The van der Waals surface area contributed by atoms with Crippen LogP contribution in [0.4, 0.5) is 22.0 Å². The van der Waals surface area contributed by atoms with E-state index in [0.29, 0.717) is 43.4 Å². The molecule has 2 aromatic carbocycles. The predicted molar refractivity (Wildman–Crippen MR) is 170 cm³/mol. The summed E-state index contributed by atoms with van der Waals surface area (Å²) in [6, 6.07) is 19.1. The van der Waals surface area contributed by atoms with E-state index in [1.165, 1.54) is 5.56 Å². The number of morpholine rings is 1. The lowest BCUT2D eigenvalue weighted by atomic mass is 10.00. The van der Waals surface area contributed by atoms with Crippen LogP contribution in [0.3, 0.4) is 0 Å². The molecule has 44 heavy (non-hydrogen) atoms. The number of ether oxygens (including phenoxy) is 1. The van der Waals surface area contributed by atoms with Gasteiger partial charge in [0, 0.05) is 49.1 Å². The van der Waals surface area contributed by atoms with Crippen LogP contribution in [0.25, 0.3) is 16.8 Å². The number of pyridine rings is 2. The van der Waals surface area contributed by atoms with E-state index in [4.69, 9.17) is 4.74 Å². The van der Waals surface area contributed by atoms with E-state index in [9.17, 15) is 9.59 Å². The first-order chi connectivity index (χ1) is 21.5. The molecule has 0 bridgehead atoms. The van der Waals surface area contributed by atoms with Crippen LogP contribution in [-0.4, -0.2) is 63.2 Å². The van der Waals surface area contributed by atoms with Gasteiger partial charge in [0.05, 0.1) is 30.2 Å². The quantitative estimate of drug-likeness (QED) is 0.266. The number of aliphatic imine (C=N–C) groups is 1. The van der Waals surface area contributed by atoms with Crippen molar-refractivity contribution in [2.75, 3.05) is 36.9 Å². The number of amides is 3. The summed E-state index contributed by atoms with van der Waals surface area (Å²) in [6.45, 7) is 4.25. The molecule has 0 saturated carbocycles. The van der Waals surface area contributed by atoms with Crippen molar-refractivity contribution >= 4 is 40.5 Å².